The molecule has 0 atom stereocenters. The maximum Gasteiger partial charge on any atom is 0.277 e. The van der Waals surface area contributed by atoms with E-state index in [0.717, 1.165) is 4.90 Å². The Balaban J connectivity index is 1.96. The first-order valence-electron chi connectivity index (χ1n) is 8.41. The summed E-state index contributed by atoms with van der Waals surface area (Å²) in [5.74, 6) is -1.68. The van der Waals surface area contributed by atoms with Crippen molar-refractivity contribution in [1.82, 2.24) is 9.80 Å². The molecule has 2 aromatic carbocycles. The Morgan fingerprint density at radius 2 is 1.57 bits per heavy atom. The number of carbonyl (C=O) groups excluding carboxylic acids is 3. The number of nitro groups is 1. The van der Waals surface area contributed by atoms with E-state index in [2.05, 4.69) is 0 Å². The fourth-order valence-corrected chi connectivity index (χ4v) is 3.02. The van der Waals surface area contributed by atoms with E-state index >= 15 is 0 Å². The van der Waals surface area contributed by atoms with Crippen molar-refractivity contribution >= 4 is 28.9 Å². The molecular weight excluding hydrogens is 362 g/mol. The summed E-state index contributed by atoms with van der Waals surface area (Å²) in [6.07, 6.45) is 1.45. The summed E-state index contributed by atoms with van der Waals surface area (Å²) < 4.78 is 0. The van der Waals surface area contributed by atoms with Gasteiger partial charge in [0.15, 0.2) is 5.78 Å². The number of nitrogens with zero attached hydrogens (tertiary/aromatic N) is 3. The van der Waals surface area contributed by atoms with Crippen molar-refractivity contribution in [2.24, 2.45) is 0 Å². The molecule has 0 aromatic heterocycles. The molecule has 0 saturated carbocycles. The Morgan fingerprint density at radius 1 is 1.04 bits per heavy atom. The molecule has 2 aromatic rings. The second-order valence-corrected chi connectivity index (χ2v) is 6.45. The Kier molecular flexibility index (Phi) is 5.04. The SMILES string of the molecule is CN(C)/C=C(\C(=O)CN1C(=O)c2ccccc2C1=O)c1ccccc1[N+](=O)[O-]. The summed E-state index contributed by atoms with van der Waals surface area (Å²) in [6.45, 7) is -0.502. The number of ketones is 1. The highest BCUT2D eigenvalue weighted by Gasteiger charge is 2.37. The Bertz CT molecular complexity index is 991. The minimum absolute atomic E-state index is 0.0499. The predicted octanol–water partition coefficient (Wildman–Crippen LogP) is 2.36. The number of carbonyl (C=O) groups is 3. The third-order valence-electron chi connectivity index (χ3n) is 4.26. The summed E-state index contributed by atoms with van der Waals surface area (Å²) in [7, 11) is 3.34. The van der Waals surface area contributed by atoms with Crippen LogP contribution in [0.2, 0.25) is 0 Å². The minimum Gasteiger partial charge on any atom is -0.383 e. The van der Waals surface area contributed by atoms with Crippen LogP contribution in [0.15, 0.2) is 54.7 Å². The summed E-state index contributed by atoms with van der Waals surface area (Å²) >= 11 is 0. The van der Waals surface area contributed by atoms with Gasteiger partial charge in [-0.05, 0) is 18.2 Å². The van der Waals surface area contributed by atoms with E-state index in [-0.39, 0.29) is 28.0 Å². The summed E-state index contributed by atoms with van der Waals surface area (Å²) in [5, 5.41) is 11.4. The molecule has 3 rings (SSSR count). The van der Waals surface area contributed by atoms with Gasteiger partial charge in [-0.15, -0.1) is 0 Å². The monoisotopic (exact) mass is 379 g/mol. The number of hydrogen-bond donors (Lipinski definition) is 0. The van der Waals surface area contributed by atoms with Gasteiger partial charge in [-0.25, -0.2) is 0 Å². The van der Waals surface area contributed by atoms with Crippen molar-refractivity contribution in [3.63, 3.8) is 0 Å². The highest BCUT2D eigenvalue weighted by atomic mass is 16.6. The average molecular weight is 379 g/mol. The fourth-order valence-electron chi connectivity index (χ4n) is 3.02. The summed E-state index contributed by atoms with van der Waals surface area (Å²) in [4.78, 5) is 51.2. The van der Waals surface area contributed by atoms with Crippen LogP contribution in [0, 0.1) is 10.1 Å². The highest BCUT2D eigenvalue weighted by Crippen LogP contribution is 2.28. The van der Waals surface area contributed by atoms with Crippen molar-refractivity contribution in [1.29, 1.82) is 0 Å². The van der Waals surface area contributed by atoms with E-state index < -0.39 is 29.1 Å². The van der Waals surface area contributed by atoms with Gasteiger partial charge in [0.2, 0.25) is 0 Å². The van der Waals surface area contributed by atoms with Crippen LogP contribution < -0.4 is 0 Å². The molecule has 28 heavy (non-hydrogen) atoms. The molecule has 0 aliphatic carbocycles. The van der Waals surface area contributed by atoms with Gasteiger partial charge in [-0.3, -0.25) is 29.4 Å². The molecule has 1 aliphatic rings. The number of rotatable bonds is 6. The minimum atomic E-state index is -0.575. The molecule has 8 nitrogen and oxygen atoms in total. The third-order valence-corrected chi connectivity index (χ3v) is 4.26. The van der Waals surface area contributed by atoms with Gasteiger partial charge < -0.3 is 4.90 Å². The van der Waals surface area contributed by atoms with E-state index in [1.807, 2.05) is 0 Å². The summed E-state index contributed by atoms with van der Waals surface area (Å²) in [5.41, 5.74) is 0.427. The standard InChI is InChI=1S/C20H17N3O5/c1-21(2)11-16(13-7-5-6-10-17(13)23(27)28)18(24)12-22-19(25)14-8-3-4-9-15(14)20(22)26/h3-11H,12H2,1-2H3/b16-11-. The Labute approximate surface area is 160 Å². The van der Waals surface area contributed by atoms with Crippen molar-refractivity contribution < 1.29 is 19.3 Å². The zero-order valence-corrected chi connectivity index (χ0v) is 15.3. The van der Waals surface area contributed by atoms with E-state index in [9.17, 15) is 24.5 Å². The van der Waals surface area contributed by atoms with E-state index in [0.29, 0.717) is 0 Å². The zero-order chi connectivity index (χ0) is 20.4. The number of Topliss-reactive ketones (excluding diaryl/α,β-unsaturated/α-hetero) is 1. The molecule has 0 bridgehead atoms. The summed E-state index contributed by atoms with van der Waals surface area (Å²) in [6, 6.07) is 12.2. The largest absolute Gasteiger partial charge is 0.383 e. The van der Waals surface area contributed by atoms with Gasteiger partial charge >= 0.3 is 0 Å². The van der Waals surface area contributed by atoms with Crippen LogP contribution in [0.1, 0.15) is 26.3 Å². The number of hydrogen-bond acceptors (Lipinski definition) is 6. The van der Waals surface area contributed by atoms with E-state index in [4.69, 9.17) is 0 Å². The zero-order valence-electron chi connectivity index (χ0n) is 15.3. The number of imide groups is 1. The number of para-hydroxylation sites is 1. The second kappa shape index (κ2) is 7.43. The topological polar surface area (TPSA) is 101 Å². The Morgan fingerprint density at radius 3 is 2.11 bits per heavy atom. The predicted molar refractivity (Wildman–Crippen MR) is 102 cm³/mol. The van der Waals surface area contributed by atoms with Gasteiger partial charge in [-0.2, -0.15) is 0 Å². The molecule has 0 unspecified atom stereocenters. The van der Waals surface area contributed by atoms with Gasteiger partial charge in [0, 0.05) is 31.9 Å². The lowest BCUT2D eigenvalue weighted by molar-refractivity contribution is -0.385. The number of fused-ring (bicyclic) bond motifs is 1. The lowest BCUT2D eigenvalue weighted by atomic mass is 10.00. The van der Waals surface area contributed by atoms with Gasteiger partial charge in [0.05, 0.1) is 28.2 Å². The van der Waals surface area contributed by atoms with Crippen LogP contribution in [-0.4, -0.2) is 53.0 Å². The lowest BCUT2D eigenvalue weighted by Gasteiger charge is -2.16. The smallest absolute Gasteiger partial charge is 0.277 e. The lowest BCUT2D eigenvalue weighted by Crippen LogP contribution is -2.35. The van der Waals surface area contributed by atoms with Gasteiger partial charge in [0.25, 0.3) is 17.5 Å². The first-order valence-corrected chi connectivity index (χ1v) is 8.41. The van der Waals surface area contributed by atoms with E-state index in [1.165, 1.54) is 36.5 Å². The molecular formula is C20H17N3O5. The van der Waals surface area contributed by atoms with Crippen LogP contribution >= 0.6 is 0 Å². The van der Waals surface area contributed by atoms with Crippen molar-refractivity contribution in [3.05, 3.63) is 81.5 Å². The van der Waals surface area contributed by atoms with Crippen LogP contribution in [0.3, 0.4) is 0 Å². The molecule has 1 aliphatic heterocycles. The van der Waals surface area contributed by atoms with Crippen LogP contribution in [0.25, 0.3) is 5.57 Å². The van der Waals surface area contributed by atoms with Gasteiger partial charge in [0.1, 0.15) is 0 Å². The molecule has 142 valence electrons. The molecule has 1 heterocycles. The Hall–Kier alpha value is -3.81. The third kappa shape index (κ3) is 3.39. The average Bonchev–Trinajstić information content (AvgIpc) is 2.91. The number of amides is 2. The van der Waals surface area contributed by atoms with E-state index in [1.54, 1.807) is 37.2 Å². The van der Waals surface area contributed by atoms with Crippen LogP contribution in [0.5, 0.6) is 0 Å². The van der Waals surface area contributed by atoms with Crippen LogP contribution in [-0.2, 0) is 4.79 Å². The number of nitro benzene ring substituents is 1. The maximum absolute atomic E-state index is 13.0. The number of benzene rings is 2. The van der Waals surface area contributed by atoms with Gasteiger partial charge in [-0.1, -0.05) is 24.3 Å². The van der Waals surface area contributed by atoms with Crippen molar-refractivity contribution in [2.75, 3.05) is 20.6 Å². The molecule has 8 heteroatoms. The maximum atomic E-state index is 13.0. The molecule has 0 N–H and O–H groups in total. The van der Waals surface area contributed by atoms with Crippen molar-refractivity contribution in [2.45, 2.75) is 0 Å². The molecule has 2 amide bonds. The van der Waals surface area contributed by atoms with Crippen molar-refractivity contribution in [3.8, 4) is 0 Å². The molecule has 0 saturated heterocycles. The molecule has 0 radical (unpaired) electrons. The highest BCUT2D eigenvalue weighted by molar-refractivity contribution is 6.27. The van der Waals surface area contributed by atoms with Crippen LogP contribution in [0.4, 0.5) is 5.69 Å². The molecule has 0 spiro atoms. The second-order valence-electron chi connectivity index (χ2n) is 6.45. The molecule has 0 fully saturated rings. The normalized spacial score (nSPS) is 13.5. The first-order chi connectivity index (χ1) is 13.3. The fraction of sp³-hybridized carbons (Fsp3) is 0.150. The quantitative estimate of drug-likeness (QED) is 0.331. The first kappa shape index (κ1) is 19.0.